The van der Waals surface area contributed by atoms with Gasteiger partial charge in [0.15, 0.2) is 5.76 Å². The summed E-state index contributed by atoms with van der Waals surface area (Å²) in [4.78, 5) is 26.3. The van der Waals surface area contributed by atoms with Crippen LogP contribution in [0.3, 0.4) is 0 Å². The maximum Gasteiger partial charge on any atom is 0.273 e. The van der Waals surface area contributed by atoms with Crippen LogP contribution in [-0.4, -0.2) is 27.0 Å². The standard InChI is InChI=1S/C27H21N3O4/c1-15-12-16(2)24(31)19(13-15)20-14-21(30-29-20)27(33)28-23-18-10-6-7-11-22(18)34-26(23)25(32)17-8-4-3-5-9-17/h3-14,31H,1-2H3,(H,28,33)(H,29,30). The fourth-order valence-electron chi connectivity index (χ4n) is 3.96. The van der Waals surface area contributed by atoms with E-state index in [2.05, 4.69) is 15.5 Å². The number of fused-ring (bicyclic) bond motifs is 1. The molecule has 3 aromatic carbocycles. The van der Waals surface area contributed by atoms with Crippen LogP contribution in [0.15, 0.2) is 77.2 Å². The van der Waals surface area contributed by atoms with E-state index < -0.39 is 5.91 Å². The topological polar surface area (TPSA) is 108 Å². The Kier molecular flexibility index (Phi) is 5.22. The lowest BCUT2D eigenvalue weighted by atomic mass is 10.0. The smallest absolute Gasteiger partial charge is 0.273 e. The Labute approximate surface area is 195 Å². The molecule has 0 bridgehead atoms. The molecule has 0 aliphatic carbocycles. The van der Waals surface area contributed by atoms with Gasteiger partial charge in [-0.3, -0.25) is 14.7 Å². The summed E-state index contributed by atoms with van der Waals surface area (Å²) in [7, 11) is 0. The summed E-state index contributed by atoms with van der Waals surface area (Å²) in [5.41, 5.74) is 4.06. The highest BCUT2D eigenvalue weighted by molar-refractivity contribution is 6.18. The molecule has 2 aromatic heterocycles. The van der Waals surface area contributed by atoms with E-state index in [0.717, 1.165) is 11.1 Å². The molecular weight excluding hydrogens is 430 g/mol. The number of phenolic OH excluding ortho intramolecular Hbond substituents is 1. The van der Waals surface area contributed by atoms with E-state index in [0.29, 0.717) is 33.5 Å². The number of amides is 1. The van der Waals surface area contributed by atoms with Crippen molar-refractivity contribution in [1.29, 1.82) is 0 Å². The van der Waals surface area contributed by atoms with E-state index in [1.165, 1.54) is 0 Å². The first-order valence-electron chi connectivity index (χ1n) is 10.7. The van der Waals surface area contributed by atoms with Crippen LogP contribution < -0.4 is 5.32 Å². The summed E-state index contributed by atoms with van der Waals surface area (Å²) in [6, 6.07) is 21.1. The van der Waals surface area contributed by atoms with Crippen LogP contribution in [0.5, 0.6) is 5.75 Å². The van der Waals surface area contributed by atoms with Crippen molar-refractivity contribution in [1.82, 2.24) is 10.2 Å². The zero-order valence-electron chi connectivity index (χ0n) is 18.5. The van der Waals surface area contributed by atoms with Gasteiger partial charge in [0.1, 0.15) is 17.0 Å². The molecular formula is C27H21N3O4. The molecule has 0 fully saturated rings. The van der Waals surface area contributed by atoms with E-state index in [-0.39, 0.29) is 23.0 Å². The molecule has 0 aliphatic rings. The minimum absolute atomic E-state index is 0.0486. The second-order valence-electron chi connectivity index (χ2n) is 8.10. The number of carbonyl (C=O) groups is 2. The molecule has 1 amide bonds. The van der Waals surface area contributed by atoms with Crippen LogP contribution in [0, 0.1) is 13.8 Å². The summed E-state index contributed by atoms with van der Waals surface area (Å²) in [5.74, 6) is -0.665. The largest absolute Gasteiger partial charge is 0.507 e. The number of benzene rings is 3. The quantitative estimate of drug-likeness (QED) is 0.300. The molecule has 0 spiro atoms. The maximum absolute atomic E-state index is 13.2. The summed E-state index contributed by atoms with van der Waals surface area (Å²) >= 11 is 0. The molecule has 0 radical (unpaired) electrons. The molecule has 0 unspecified atom stereocenters. The van der Waals surface area contributed by atoms with E-state index in [1.54, 1.807) is 67.6 Å². The van der Waals surface area contributed by atoms with Crippen molar-refractivity contribution in [2.45, 2.75) is 13.8 Å². The number of anilines is 1. The number of hydrogen-bond donors (Lipinski definition) is 3. The summed E-state index contributed by atoms with van der Waals surface area (Å²) in [5, 5.41) is 20.8. The summed E-state index contributed by atoms with van der Waals surface area (Å²) < 4.78 is 5.85. The van der Waals surface area contributed by atoms with Crippen LogP contribution in [0.4, 0.5) is 5.69 Å². The number of aromatic nitrogens is 2. The Hall–Kier alpha value is -4.65. The SMILES string of the molecule is Cc1cc(C)c(O)c(-c2cc(C(=O)Nc3c(C(=O)c4ccccc4)oc4ccccc34)[nH]n2)c1. The van der Waals surface area contributed by atoms with Gasteiger partial charge in [0, 0.05) is 16.5 Å². The summed E-state index contributed by atoms with van der Waals surface area (Å²) in [6.07, 6.45) is 0. The lowest BCUT2D eigenvalue weighted by Crippen LogP contribution is -2.14. The van der Waals surface area contributed by atoms with Gasteiger partial charge in [0.25, 0.3) is 5.91 Å². The lowest BCUT2D eigenvalue weighted by molar-refractivity contribution is 0.101. The molecule has 7 heteroatoms. The number of para-hydroxylation sites is 1. The zero-order valence-corrected chi connectivity index (χ0v) is 18.5. The van der Waals surface area contributed by atoms with E-state index in [9.17, 15) is 14.7 Å². The average molecular weight is 451 g/mol. The number of rotatable bonds is 5. The highest BCUT2D eigenvalue weighted by Gasteiger charge is 2.24. The average Bonchev–Trinajstić information content (AvgIpc) is 3.47. The van der Waals surface area contributed by atoms with Gasteiger partial charge in [-0.2, -0.15) is 5.10 Å². The number of aryl methyl sites for hydroxylation is 2. The number of carbonyl (C=O) groups excluding carboxylic acids is 2. The van der Waals surface area contributed by atoms with Gasteiger partial charge in [-0.05, 0) is 49.2 Å². The molecule has 2 heterocycles. The fourth-order valence-corrected chi connectivity index (χ4v) is 3.96. The molecule has 0 saturated heterocycles. The van der Waals surface area contributed by atoms with Crippen LogP contribution in [0.1, 0.15) is 37.7 Å². The minimum Gasteiger partial charge on any atom is -0.507 e. The van der Waals surface area contributed by atoms with Crippen molar-refractivity contribution in [3.05, 3.63) is 101 Å². The third-order valence-corrected chi connectivity index (χ3v) is 5.62. The molecule has 5 aromatic rings. The number of hydrogen-bond acceptors (Lipinski definition) is 5. The van der Waals surface area contributed by atoms with E-state index >= 15 is 0 Å². The predicted molar refractivity (Wildman–Crippen MR) is 129 cm³/mol. The van der Waals surface area contributed by atoms with Gasteiger partial charge in [0.05, 0.1) is 11.4 Å². The van der Waals surface area contributed by atoms with Gasteiger partial charge >= 0.3 is 0 Å². The van der Waals surface area contributed by atoms with Crippen LogP contribution >= 0.6 is 0 Å². The molecule has 0 saturated carbocycles. The lowest BCUT2D eigenvalue weighted by Gasteiger charge is -2.06. The second-order valence-corrected chi connectivity index (χ2v) is 8.10. The normalized spacial score (nSPS) is 11.0. The molecule has 3 N–H and O–H groups in total. The first-order chi connectivity index (χ1) is 16.4. The third-order valence-electron chi connectivity index (χ3n) is 5.62. The van der Waals surface area contributed by atoms with Crippen molar-refractivity contribution < 1.29 is 19.1 Å². The Morgan fingerprint density at radius 3 is 2.50 bits per heavy atom. The molecule has 5 rings (SSSR count). The number of nitrogens with one attached hydrogen (secondary N) is 2. The number of furan rings is 1. The van der Waals surface area contributed by atoms with Crippen molar-refractivity contribution >= 4 is 28.3 Å². The van der Waals surface area contributed by atoms with Gasteiger partial charge in [-0.15, -0.1) is 0 Å². The second kappa shape index (κ2) is 8.37. The summed E-state index contributed by atoms with van der Waals surface area (Å²) in [6.45, 7) is 3.73. The maximum atomic E-state index is 13.2. The monoisotopic (exact) mass is 451 g/mol. The first kappa shape index (κ1) is 21.2. The van der Waals surface area contributed by atoms with Crippen LogP contribution in [-0.2, 0) is 0 Å². The fraction of sp³-hybridized carbons (Fsp3) is 0.0741. The van der Waals surface area contributed by atoms with E-state index in [1.807, 2.05) is 19.1 Å². The minimum atomic E-state index is -0.490. The van der Waals surface area contributed by atoms with E-state index in [4.69, 9.17) is 4.42 Å². The highest BCUT2D eigenvalue weighted by atomic mass is 16.3. The zero-order chi connectivity index (χ0) is 23.8. The Morgan fingerprint density at radius 2 is 1.71 bits per heavy atom. The molecule has 0 atom stereocenters. The Bertz CT molecular complexity index is 1550. The number of nitrogens with zero attached hydrogens (tertiary/aromatic N) is 1. The van der Waals surface area contributed by atoms with Crippen LogP contribution in [0.25, 0.3) is 22.2 Å². The number of phenols is 1. The van der Waals surface area contributed by atoms with Crippen molar-refractivity contribution in [2.24, 2.45) is 0 Å². The predicted octanol–water partition coefficient (Wildman–Crippen LogP) is 5.63. The van der Waals surface area contributed by atoms with Gasteiger partial charge in [-0.25, -0.2) is 0 Å². The number of aromatic hydroxyl groups is 1. The van der Waals surface area contributed by atoms with Gasteiger partial charge in [-0.1, -0.05) is 48.5 Å². The Morgan fingerprint density at radius 1 is 0.971 bits per heavy atom. The molecule has 34 heavy (non-hydrogen) atoms. The highest BCUT2D eigenvalue weighted by Crippen LogP contribution is 2.34. The van der Waals surface area contributed by atoms with Crippen molar-refractivity contribution in [3.63, 3.8) is 0 Å². The Balaban J connectivity index is 1.51. The third kappa shape index (κ3) is 3.73. The van der Waals surface area contributed by atoms with Gasteiger partial charge in [0.2, 0.25) is 5.78 Å². The number of aromatic amines is 1. The first-order valence-corrected chi connectivity index (χ1v) is 10.7. The molecule has 0 aliphatic heterocycles. The van der Waals surface area contributed by atoms with Crippen molar-refractivity contribution in [2.75, 3.05) is 5.32 Å². The van der Waals surface area contributed by atoms with Gasteiger partial charge < -0.3 is 14.8 Å². The molecule has 7 nitrogen and oxygen atoms in total. The van der Waals surface area contributed by atoms with Crippen LogP contribution in [0.2, 0.25) is 0 Å². The van der Waals surface area contributed by atoms with Crippen molar-refractivity contribution in [3.8, 4) is 17.0 Å². The number of H-pyrrole nitrogens is 1. The number of ketones is 1. The molecule has 168 valence electrons.